The lowest BCUT2D eigenvalue weighted by Crippen LogP contribution is -2.39. The fraction of sp³-hybridized carbons (Fsp3) is 0.304. The van der Waals surface area contributed by atoms with Crippen LogP contribution in [0, 0.1) is 0 Å². The molecule has 1 aliphatic rings. The zero-order valence-corrected chi connectivity index (χ0v) is 16.2. The average Bonchev–Trinajstić information content (AvgIpc) is 2.74. The predicted octanol–water partition coefficient (Wildman–Crippen LogP) is 5.37. The van der Waals surface area contributed by atoms with Gasteiger partial charge < -0.3 is 10.1 Å². The second-order valence-electron chi connectivity index (χ2n) is 7.51. The molecule has 1 heterocycles. The Kier molecular flexibility index (Phi) is 5.61. The van der Waals surface area contributed by atoms with Crippen LogP contribution in [-0.4, -0.2) is 23.0 Å². The molecule has 3 aromatic rings. The average molecular weight is 414 g/mol. The summed E-state index contributed by atoms with van der Waals surface area (Å²) in [6, 6.07) is 15.8. The van der Waals surface area contributed by atoms with Crippen LogP contribution in [0.5, 0.6) is 5.88 Å². The van der Waals surface area contributed by atoms with Crippen molar-refractivity contribution in [2.75, 3.05) is 0 Å². The molecule has 1 aromatic heterocycles. The zero-order chi connectivity index (χ0) is 21.1. The van der Waals surface area contributed by atoms with Crippen LogP contribution >= 0.6 is 0 Å². The van der Waals surface area contributed by atoms with Crippen LogP contribution in [-0.2, 0) is 6.18 Å². The summed E-state index contributed by atoms with van der Waals surface area (Å²) in [6.45, 7) is 0. The van der Waals surface area contributed by atoms with Gasteiger partial charge in [0.05, 0.1) is 5.56 Å². The highest BCUT2D eigenvalue weighted by Crippen LogP contribution is 2.30. The van der Waals surface area contributed by atoms with Gasteiger partial charge in [0.15, 0.2) is 0 Å². The van der Waals surface area contributed by atoms with Crippen molar-refractivity contribution in [1.82, 2.24) is 10.3 Å². The van der Waals surface area contributed by atoms with E-state index in [1.54, 1.807) is 0 Å². The molecule has 30 heavy (non-hydrogen) atoms. The number of hydrogen-bond acceptors (Lipinski definition) is 3. The van der Waals surface area contributed by atoms with Crippen molar-refractivity contribution in [3.05, 3.63) is 71.9 Å². The number of halogens is 3. The van der Waals surface area contributed by atoms with Gasteiger partial charge in [0.25, 0.3) is 5.91 Å². The molecule has 156 valence electrons. The van der Waals surface area contributed by atoms with Gasteiger partial charge in [-0.1, -0.05) is 30.3 Å². The van der Waals surface area contributed by atoms with Gasteiger partial charge in [-0.3, -0.25) is 4.79 Å². The summed E-state index contributed by atoms with van der Waals surface area (Å²) in [5, 5.41) is 5.18. The number of ether oxygens (including phenoxy) is 1. The number of nitrogens with one attached hydrogen (secondary N) is 1. The van der Waals surface area contributed by atoms with Crippen LogP contribution < -0.4 is 10.1 Å². The largest absolute Gasteiger partial charge is 0.474 e. The minimum absolute atomic E-state index is 0.0457. The van der Waals surface area contributed by atoms with Crippen molar-refractivity contribution in [1.29, 1.82) is 0 Å². The third-order valence-corrected chi connectivity index (χ3v) is 5.37. The Bertz CT molecular complexity index is 1030. The Hall–Kier alpha value is -3.09. The first-order valence-electron chi connectivity index (χ1n) is 9.88. The molecular formula is C23H21F3N2O2. The van der Waals surface area contributed by atoms with E-state index >= 15 is 0 Å². The topological polar surface area (TPSA) is 51.2 Å². The Morgan fingerprint density at radius 2 is 1.70 bits per heavy atom. The third kappa shape index (κ3) is 4.72. The third-order valence-electron chi connectivity index (χ3n) is 5.37. The van der Waals surface area contributed by atoms with Crippen LogP contribution in [0.2, 0.25) is 0 Å². The van der Waals surface area contributed by atoms with E-state index < -0.39 is 11.7 Å². The van der Waals surface area contributed by atoms with Gasteiger partial charge in [0.1, 0.15) is 6.10 Å². The van der Waals surface area contributed by atoms with Crippen molar-refractivity contribution in [3.63, 3.8) is 0 Å². The lowest BCUT2D eigenvalue weighted by atomic mass is 9.92. The van der Waals surface area contributed by atoms with Gasteiger partial charge in [-0.05, 0) is 54.7 Å². The molecule has 4 rings (SSSR count). The van der Waals surface area contributed by atoms with E-state index in [9.17, 15) is 18.0 Å². The van der Waals surface area contributed by atoms with Crippen LogP contribution in [0.1, 0.15) is 41.6 Å². The number of fused-ring (bicyclic) bond motifs is 1. The molecule has 0 aliphatic heterocycles. The second-order valence-corrected chi connectivity index (χ2v) is 7.51. The summed E-state index contributed by atoms with van der Waals surface area (Å²) in [6.07, 6.45) is -0.869. The number of benzene rings is 2. The summed E-state index contributed by atoms with van der Waals surface area (Å²) in [4.78, 5) is 16.4. The van der Waals surface area contributed by atoms with Gasteiger partial charge in [0.2, 0.25) is 5.88 Å². The van der Waals surface area contributed by atoms with Gasteiger partial charge in [0, 0.05) is 23.9 Å². The maximum Gasteiger partial charge on any atom is 0.417 e. The van der Waals surface area contributed by atoms with E-state index in [1.165, 1.54) is 6.07 Å². The summed E-state index contributed by atoms with van der Waals surface area (Å²) in [7, 11) is 0. The van der Waals surface area contributed by atoms with Crippen LogP contribution in [0.3, 0.4) is 0 Å². The minimum Gasteiger partial charge on any atom is -0.474 e. The number of carbonyl (C=O) groups is 1. The monoisotopic (exact) mass is 414 g/mol. The number of amides is 1. The number of alkyl halides is 3. The Morgan fingerprint density at radius 1 is 0.967 bits per heavy atom. The van der Waals surface area contributed by atoms with Crippen molar-refractivity contribution >= 4 is 16.7 Å². The summed E-state index contributed by atoms with van der Waals surface area (Å²) >= 11 is 0. The molecule has 2 aromatic carbocycles. The van der Waals surface area contributed by atoms with Crippen molar-refractivity contribution in [2.45, 2.75) is 44.0 Å². The van der Waals surface area contributed by atoms with E-state index in [0.29, 0.717) is 18.4 Å². The molecule has 0 saturated heterocycles. The molecule has 4 nitrogen and oxygen atoms in total. The van der Waals surface area contributed by atoms with Crippen LogP contribution in [0.15, 0.2) is 60.8 Å². The van der Waals surface area contributed by atoms with Crippen molar-refractivity contribution in [2.24, 2.45) is 0 Å². The van der Waals surface area contributed by atoms with Gasteiger partial charge in [-0.2, -0.15) is 13.2 Å². The Morgan fingerprint density at radius 3 is 2.37 bits per heavy atom. The SMILES string of the molecule is O=C(NC1CCC(Oc2ccc(C(F)(F)F)cn2)CC1)c1ccc2ccccc2c1. The lowest BCUT2D eigenvalue weighted by Gasteiger charge is -2.29. The van der Waals surface area contributed by atoms with E-state index in [4.69, 9.17) is 4.74 Å². The fourth-order valence-electron chi connectivity index (χ4n) is 3.71. The number of pyridine rings is 1. The molecule has 1 aliphatic carbocycles. The number of aromatic nitrogens is 1. The molecule has 0 atom stereocenters. The molecule has 7 heteroatoms. The standard InChI is InChI=1S/C23H21F3N2O2/c24-23(25,26)18-7-12-21(27-14-18)30-20-10-8-19(9-11-20)28-22(29)17-6-5-15-3-1-2-4-16(15)13-17/h1-7,12-14,19-20H,8-11H2,(H,28,29). The molecular weight excluding hydrogens is 393 g/mol. The summed E-state index contributed by atoms with van der Waals surface area (Å²) in [5.41, 5.74) is -0.170. The van der Waals surface area contributed by atoms with Gasteiger partial charge in [-0.15, -0.1) is 0 Å². The summed E-state index contributed by atoms with van der Waals surface area (Å²) < 4.78 is 43.5. The second kappa shape index (κ2) is 8.34. The highest BCUT2D eigenvalue weighted by Gasteiger charge is 2.31. The van der Waals surface area contributed by atoms with Gasteiger partial charge >= 0.3 is 6.18 Å². The fourth-order valence-corrected chi connectivity index (χ4v) is 3.71. The first kappa shape index (κ1) is 20.2. The normalized spacial score (nSPS) is 19.4. The van der Waals surface area contributed by atoms with E-state index in [1.807, 2.05) is 42.5 Å². The Labute approximate surface area is 172 Å². The molecule has 0 spiro atoms. The molecule has 0 radical (unpaired) electrons. The van der Waals surface area contributed by atoms with Crippen molar-refractivity contribution < 1.29 is 22.7 Å². The molecule has 0 unspecified atom stereocenters. The van der Waals surface area contributed by atoms with Gasteiger partial charge in [-0.25, -0.2) is 4.98 Å². The first-order chi connectivity index (χ1) is 14.4. The van der Waals surface area contributed by atoms with E-state index in [0.717, 1.165) is 35.9 Å². The first-order valence-corrected chi connectivity index (χ1v) is 9.88. The highest BCUT2D eigenvalue weighted by atomic mass is 19.4. The smallest absolute Gasteiger partial charge is 0.417 e. The predicted molar refractivity (Wildman–Crippen MR) is 107 cm³/mol. The van der Waals surface area contributed by atoms with Crippen LogP contribution in [0.25, 0.3) is 10.8 Å². The van der Waals surface area contributed by atoms with E-state index in [2.05, 4.69) is 10.3 Å². The molecule has 0 bridgehead atoms. The maximum atomic E-state index is 12.6. The number of carbonyl (C=O) groups excluding carboxylic acids is 1. The molecule has 1 fully saturated rings. The molecule has 1 saturated carbocycles. The minimum atomic E-state index is -4.41. The summed E-state index contributed by atoms with van der Waals surface area (Å²) in [5.74, 6) is 0.0844. The number of nitrogens with zero attached hydrogens (tertiary/aromatic N) is 1. The van der Waals surface area contributed by atoms with Crippen molar-refractivity contribution in [3.8, 4) is 5.88 Å². The number of hydrogen-bond donors (Lipinski definition) is 1. The number of rotatable bonds is 4. The quantitative estimate of drug-likeness (QED) is 0.624. The van der Waals surface area contributed by atoms with Crippen LogP contribution in [0.4, 0.5) is 13.2 Å². The highest BCUT2D eigenvalue weighted by molar-refractivity contribution is 5.98. The Balaban J connectivity index is 1.29. The van der Waals surface area contributed by atoms with E-state index in [-0.39, 0.29) is 23.9 Å². The molecule has 1 amide bonds. The maximum absolute atomic E-state index is 12.6. The lowest BCUT2D eigenvalue weighted by molar-refractivity contribution is -0.137. The molecule has 1 N–H and O–H groups in total. The zero-order valence-electron chi connectivity index (χ0n) is 16.2.